The molecule has 1 atom stereocenters. The Kier molecular flexibility index (Phi) is 8.28. The number of piperazine rings is 1. The van der Waals surface area contributed by atoms with Crippen molar-refractivity contribution in [2.24, 2.45) is 0 Å². The quantitative estimate of drug-likeness (QED) is 0.576. The highest BCUT2D eigenvalue weighted by Crippen LogP contribution is 2.33. The highest BCUT2D eigenvalue weighted by molar-refractivity contribution is 6.00. The largest absolute Gasteiger partial charge is 0.394 e. The van der Waals surface area contributed by atoms with Crippen LogP contribution in [-0.2, 0) is 16.0 Å². The predicted molar refractivity (Wildman–Crippen MR) is 118 cm³/mol. The summed E-state index contributed by atoms with van der Waals surface area (Å²) in [6, 6.07) is 9.86. The number of benzene rings is 1. The molecule has 0 aromatic heterocycles. The Labute approximate surface area is 180 Å². The monoisotopic (exact) mass is 415 g/mol. The molecule has 1 aromatic rings. The lowest BCUT2D eigenvalue weighted by Crippen LogP contribution is -2.73. The molecule has 0 saturated carbocycles. The molecular weight excluding hydrogens is 378 g/mol. The maximum absolute atomic E-state index is 12.9. The lowest BCUT2D eigenvalue weighted by Gasteiger charge is -2.51. The number of rotatable bonds is 10. The minimum Gasteiger partial charge on any atom is -0.394 e. The summed E-state index contributed by atoms with van der Waals surface area (Å²) in [6.45, 7) is 5.00. The molecule has 0 unspecified atom stereocenters. The molecule has 2 N–H and O–H groups in total. The van der Waals surface area contributed by atoms with Crippen molar-refractivity contribution in [2.45, 2.75) is 69.9 Å². The number of nitrogens with one attached hydrogen (secondary N) is 1. The van der Waals surface area contributed by atoms with Crippen molar-refractivity contribution >= 4 is 11.8 Å². The molecule has 166 valence electrons. The number of carbonyl (C=O) groups excluding carboxylic acids is 2. The summed E-state index contributed by atoms with van der Waals surface area (Å²) in [5.41, 5.74) is 0.685. The van der Waals surface area contributed by atoms with E-state index in [1.54, 1.807) is 4.90 Å². The van der Waals surface area contributed by atoms with E-state index in [4.69, 9.17) is 0 Å². The van der Waals surface area contributed by atoms with E-state index in [9.17, 15) is 14.7 Å². The van der Waals surface area contributed by atoms with Crippen molar-refractivity contribution in [1.29, 1.82) is 0 Å². The van der Waals surface area contributed by atoms with Crippen LogP contribution >= 0.6 is 0 Å². The molecule has 2 saturated heterocycles. The van der Waals surface area contributed by atoms with Crippen LogP contribution < -0.4 is 5.32 Å². The van der Waals surface area contributed by atoms with Crippen molar-refractivity contribution in [3.8, 4) is 0 Å². The number of aliphatic hydroxyl groups is 1. The van der Waals surface area contributed by atoms with Crippen LogP contribution in [0.25, 0.3) is 0 Å². The van der Waals surface area contributed by atoms with Gasteiger partial charge in [-0.2, -0.15) is 0 Å². The summed E-state index contributed by atoms with van der Waals surface area (Å²) in [5, 5.41) is 12.2. The second kappa shape index (κ2) is 10.9. The first kappa shape index (κ1) is 22.8. The van der Waals surface area contributed by atoms with E-state index < -0.39 is 11.6 Å². The molecule has 2 amide bonds. The lowest BCUT2D eigenvalue weighted by atomic mass is 9.81. The van der Waals surface area contributed by atoms with E-state index in [0.717, 1.165) is 32.5 Å². The zero-order valence-electron chi connectivity index (χ0n) is 18.3. The number of amides is 2. The van der Waals surface area contributed by atoms with Crippen LogP contribution in [0.1, 0.15) is 57.4 Å². The predicted octanol–water partition coefficient (Wildman–Crippen LogP) is 2.35. The molecule has 6 heteroatoms. The standard InChI is InChI=1S/C24H37N3O3/c1-2-15-27-22(29)21(19-28)25-23(30)24(27)13-17-26(18-14-24)16-9-4-3-6-10-20-11-7-5-8-12-20/h5,7-8,11-12,21,28H,2-4,6,9-10,13-19H2,1H3,(H,25,30)/t21-/m0/s1. The Balaban J connectivity index is 1.42. The number of aliphatic hydroxyl groups excluding tert-OH is 1. The number of piperidine rings is 1. The van der Waals surface area contributed by atoms with Crippen LogP contribution in [0.3, 0.4) is 0 Å². The fourth-order valence-electron chi connectivity index (χ4n) is 4.85. The van der Waals surface area contributed by atoms with Gasteiger partial charge in [-0.25, -0.2) is 0 Å². The van der Waals surface area contributed by atoms with Gasteiger partial charge in [0.05, 0.1) is 6.61 Å². The first-order valence-electron chi connectivity index (χ1n) is 11.6. The SMILES string of the molecule is CCCN1C(=O)[C@H](CO)NC(=O)C12CCN(CCCCCCc1ccccc1)CC2. The van der Waals surface area contributed by atoms with Crippen LogP contribution in [0.4, 0.5) is 0 Å². The van der Waals surface area contributed by atoms with E-state index in [2.05, 4.69) is 40.5 Å². The Morgan fingerprint density at radius 1 is 1.03 bits per heavy atom. The van der Waals surface area contributed by atoms with Gasteiger partial charge in [0.25, 0.3) is 0 Å². The summed E-state index contributed by atoms with van der Waals surface area (Å²) < 4.78 is 0. The third kappa shape index (κ3) is 5.22. The van der Waals surface area contributed by atoms with Crippen molar-refractivity contribution in [3.63, 3.8) is 0 Å². The molecule has 2 aliphatic rings. The zero-order chi connectivity index (χ0) is 21.4. The van der Waals surface area contributed by atoms with Crippen LogP contribution in [0.15, 0.2) is 30.3 Å². The number of unbranched alkanes of at least 4 members (excludes halogenated alkanes) is 3. The van der Waals surface area contributed by atoms with Crippen molar-refractivity contribution in [3.05, 3.63) is 35.9 Å². The molecule has 6 nitrogen and oxygen atoms in total. The van der Waals surface area contributed by atoms with E-state index in [1.165, 1.54) is 31.2 Å². The number of carbonyl (C=O) groups is 2. The minimum absolute atomic E-state index is 0.0878. The highest BCUT2D eigenvalue weighted by atomic mass is 16.3. The van der Waals surface area contributed by atoms with Gasteiger partial charge < -0.3 is 20.2 Å². The number of nitrogens with zero attached hydrogens (tertiary/aromatic N) is 2. The molecule has 2 heterocycles. The van der Waals surface area contributed by atoms with E-state index in [0.29, 0.717) is 19.4 Å². The van der Waals surface area contributed by atoms with E-state index in [-0.39, 0.29) is 18.4 Å². The van der Waals surface area contributed by atoms with Crippen molar-refractivity contribution < 1.29 is 14.7 Å². The molecule has 2 aliphatic heterocycles. The molecule has 1 aromatic carbocycles. The molecule has 0 radical (unpaired) electrons. The minimum atomic E-state index is -0.788. The summed E-state index contributed by atoms with van der Waals surface area (Å²) in [6.07, 6.45) is 8.20. The summed E-state index contributed by atoms with van der Waals surface area (Å²) in [7, 11) is 0. The fraction of sp³-hybridized carbons (Fsp3) is 0.667. The van der Waals surface area contributed by atoms with Gasteiger partial charge in [0.1, 0.15) is 11.6 Å². The Bertz CT molecular complexity index is 686. The third-order valence-electron chi connectivity index (χ3n) is 6.65. The van der Waals surface area contributed by atoms with Crippen LogP contribution in [-0.4, -0.2) is 71.1 Å². The Hall–Kier alpha value is -1.92. The second-order valence-electron chi connectivity index (χ2n) is 8.72. The van der Waals surface area contributed by atoms with Crippen molar-refractivity contribution in [2.75, 3.05) is 32.8 Å². The molecule has 1 spiro atoms. The topological polar surface area (TPSA) is 72.9 Å². The second-order valence-corrected chi connectivity index (χ2v) is 8.72. The normalized spacial score (nSPS) is 21.8. The molecule has 0 bridgehead atoms. The fourth-order valence-corrected chi connectivity index (χ4v) is 4.85. The van der Waals surface area contributed by atoms with Gasteiger partial charge in [-0.3, -0.25) is 9.59 Å². The molecule has 2 fully saturated rings. The molecular formula is C24H37N3O3. The van der Waals surface area contributed by atoms with Gasteiger partial charge in [-0.1, -0.05) is 50.1 Å². The van der Waals surface area contributed by atoms with Crippen LogP contribution in [0.5, 0.6) is 0 Å². The first-order valence-corrected chi connectivity index (χ1v) is 11.6. The Morgan fingerprint density at radius 3 is 2.40 bits per heavy atom. The molecule has 3 rings (SSSR count). The number of hydrogen-bond donors (Lipinski definition) is 2. The van der Waals surface area contributed by atoms with Gasteiger partial charge in [0, 0.05) is 19.6 Å². The van der Waals surface area contributed by atoms with Crippen molar-refractivity contribution in [1.82, 2.24) is 15.1 Å². The first-order chi connectivity index (χ1) is 14.6. The third-order valence-corrected chi connectivity index (χ3v) is 6.65. The smallest absolute Gasteiger partial charge is 0.248 e. The summed E-state index contributed by atoms with van der Waals surface area (Å²) >= 11 is 0. The van der Waals surface area contributed by atoms with Gasteiger partial charge in [-0.15, -0.1) is 0 Å². The number of hydrogen-bond acceptors (Lipinski definition) is 4. The number of likely N-dealkylation sites (tertiary alicyclic amines) is 1. The highest BCUT2D eigenvalue weighted by Gasteiger charge is 2.53. The Morgan fingerprint density at radius 2 is 1.73 bits per heavy atom. The average Bonchev–Trinajstić information content (AvgIpc) is 2.78. The van der Waals surface area contributed by atoms with Gasteiger partial charge >= 0.3 is 0 Å². The molecule has 0 aliphatic carbocycles. The number of aryl methyl sites for hydroxylation is 1. The van der Waals surface area contributed by atoms with E-state index in [1.807, 2.05) is 6.92 Å². The maximum atomic E-state index is 12.9. The van der Waals surface area contributed by atoms with Gasteiger partial charge in [0.2, 0.25) is 11.8 Å². The average molecular weight is 416 g/mol. The van der Waals surface area contributed by atoms with Crippen LogP contribution in [0, 0.1) is 0 Å². The van der Waals surface area contributed by atoms with E-state index >= 15 is 0 Å². The lowest BCUT2D eigenvalue weighted by molar-refractivity contribution is -0.162. The zero-order valence-corrected chi connectivity index (χ0v) is 18.3. The van der Waals surface area contributed by atoms with Crippen LogP contribution in [0.2, 0.25) is 0 Å². The maximum Gasteiger partial charge on any atom is 0.248 e. The van der Waals surface area contributed by atoms with Gasteiger partial charge in [-0.05, 0) is 50.6 Å². The van der Waals surface area contributed by atoms with Gasteiger partial charge in [0.15, 0.2) is 0 Å². The molecule has 30 heavy (non-hydrogen) atoms. The summed E-state index contributed by atoms with van der Waals surface area (Å²) in [4.78, 5) is 29.8. The summed E-state index contributed by atoms with van der Waals surface area (Å²) in [5.74, 6) is -0.221.